The number of aromatic nitrogens is 2. The molecule has 2 aromatic rings. The molecular weight excluding hydrogens is 448 g/mol. The maximum absolute atomic E-state index is 13.4. The van der Waals surface area contributed by atoms with Gasteiger partial charge in [0, 0.05) is 50.8 Å². The van der Waals surface area contributed by atoms with Gasteiger partial charge in [0.25, 0.3) is 5.91 Å². The summed E-state index contributed by atoms with van der Waals surface area (Å²) in [5.74, 6) is 5.50. The summed E-state index contributed by atoms with van der Waals surface area (Å²) < 4.78 is 11.2. The van der Waals surface area contributed by atoms with E-state index in [2.05, 4.69) is 21.8 Å². The zero-order chi connectivity index (χ0) is 25.4. The van der Waals surface area contributed by atoms with Gasteiger partial charge in [0.2, 0.25) is 11.8 Å². The van der Waals surface area contributed by atoms with Crippen LogP contribution in [0, 0.1) is 17.8 Å². The van der Waals surface area contributed by atoms with Gasteiger partial charge in [-0.3, -0.25) is 14.6 Å². The first-order valence-electron chi connectivity index (χ1n) is 11.5. The van der Waals surface area contributed by atoms with E-state index in [4.69, 9.17) is 9.47 Å². The minimum Gasteiger partial charge on any atom is -0.472 e. The molecule has 0 aromatic carbocycles. The number of hydrogen-bond acceptors (Lipinski definition) is 7. The van der Waals surface area contributed by atoms with Crippen molar-refractivity contribution in [3.63, 3.8) is 0 Å². The average molecular weight is 481 g/mol. The van der Waals surface area contributed by atoms with Crippen LogP contribution in [0.25, 0.3) is 0 Å². The highest BCUT2D eigenvalue weighted by molar-refractivity contribution is 5.97. The molecule has 3 atom stereocenters. The molecule has 0 unspecified atom stereocenters. The smallest absolute Gasteiger partial charge is 0.259 e. The maximum atomic E-state index is 13.4. The number of amides is 2. The van der Waals surface area contributed by atoms with Crippen LogP contribution in [0.5, 0.6) is 5.88 Å². The summed E-state index contributed by atoms with van der Waals surface area (Å²) in [6.45, 7) is 4.50. The highest BCUT2D eigenvalue weighted by atomic mass is 16.5. The number of likely N-dealkylation sites (N-methyl/N-ethyl adjacent to an activating group) is 1. The number of carbonyl (C=O) groups is 2. The van der Waals surface area contributed by atoms with E-state index < -0.39 is 12.1 Å². The number of ether oxygens (including phenoxy) is 2. The van der Waals surface area contributed by atoms with Gasteiger partial charge in [-0.1, -0.05) is 24.8 Å². The molecule has 0 radical (unpaired) electrons. The Balaban J connectivity index is 1.87. The highest BCUT2D eigenvalue weighted by Crippen LogP contribution is 2.27. The van der Waals surface area contributed by atoms with Crippen LogP contribution < -0.4 is 4.74 Å². The molecule has 9 heteroatoms. The van der Waals surface area contributed by atoms with Crippen LogP contribution in [0.3, 0.4) is 0 Å². The van der Waals surface area contributed by atoms with Crippen LogP contribution in [0.15, 0.2) is 36.8 Å². The largest absolute Gasteiger partial charge is 0.472 e. The molecule has 0 bridgehead atoms. The highest BCUT2D eigenvalue weighted by Gasteiger charge is 2.34. The quantitative estimate of drug-likeness (QED) is 0.597. The summed E-state index contributed by atoms with van der Waals surface area (Å²) in [5, 5.41) is 9.79. The van der Waals surface area contributed by atoms with E-state index in [1.165, 1.54) is 0 Å². The van der Waals surface area contributed by atoms with Gasteiger partial charge < -0.3 is 24.4 Å². The zero-order valence-corrected chi connectivity index (χ0v) is 20.6. The van der Waals surface area contributed by atoms with Crippen molar-refractivity contribution in [1.29, 1.82) is 0 Å². The first-order valence-corrected chi connectivity index (χ1v) is 11.5. The molecule has 2 aromatic heterocycles. The summed E-state index contributed by atoms with van der Waals surface area (Å²) in [6.07, 6.45) is 4.70. The predicted octanol–water partition coefficient (Wildman–Crippen LogP) is 1.40. The Hall–Kier alpha value is -3.48. The summed E-state index contributed by atoms with van der Waals surface area (Å²) in [5.41, 5.74) is 1.66. The van der Waals surface area contributed by atoms with E-state index in [0.717, 1.165) is 5.56 Å². The molecule has 1 aliphatic heterocycles. The monoisotopic (exact) mass is 480 g/mol. The Kier molecular flexibility index (Phi) is 9.18. The zero-order valence-electron chi connectivity index (χ0n) is 20.6. The molecule has 0 aliphatic carbocycles. The van der Waals surface area contributed by atoms with Crippen LogP contribution in [0.4, 0.5) is 0 Å². The first kappa shape index (κ1) is 26.1. The molecule has 1 aliphatic rings. The summed E-state index contributed by atoms with van der Waals surface area (Å²) in [7, 11) is 3.29. The van der Waals surface area contributed by atoms with Gasteiger partial charge in [-0.2, -0.15) is 0 Å². The van der Waals surface area contributed by atoms with Crippen LogP contribution in [0.1, 0.15) is 35.3 Å². The van der Waals surface area contributed by atoms with Crippen molar-refractivity contribution < 1.29 is 24.2 Å². The third-order valence-electron chi connectivity index (χ3n) is 5.93. The number of aliphatic hydroxyl groups excluding tert-OH is 1. The van der Waals surface area contributed by atoms with Gasteiger partial charge in [-0.05, 0) is 24.6 Å². The number of carbonyl (C=O) groups excluding carboxylic acids is 2. The second-order valence-electron chi connectivity index (χ2n) is 8.75. The predicted molar refractivity (Wildman–Crippen MR) is 130 cm³/mol. The Bertz CT molecular complexity index is 1080. The topological polar surface area (TPSA) is 105 Å². The lowest BCUT2D eigenvalue weighted by molar-refractivity contribution is -0.130. The molecule has 0 spiro atoms. The lowest BCUT2D eigenvalue weighted by Crippen LogP contribution is -2.50. The van der Waals surface area contributed by atoms with Crippen molar-refractivity contribution in [1.82, 2.24) is 19.8 Å². The van der Waals surface area contributed by atoms with Crippen LogP contribution in [-0.2, 0) is 16.0 Å². The van der Waals surface area contributed by atoms with Gasteiger partial charge >= 0.3 is 0 Å². The van der Waals surface area contributed by atoms with Gasteiger partial charge in [-0.25, -0.2) is 4.98 Å². The third kappa shape index (κ3) is 6.78. The molecule has 0 fully saturated rings. The second-order valence-corrected chi connectivity index (χ2v) is 8.75. The van der Waals surface area contributed by atoms with Gasteiger partial charge in [-0.15, -0.1) is 0 Å². The van der Waals surface area contributed by atoms with E-state index in [1.54, 1.807) is 61.6 Å². The average Bonchev–Trinajstić information content (AvgIpc) is 2.86. The molecule has 0 saturated carbocycles. The number of hydrogen-bond donors (Lipinski definition) is 1. The summed E-state index contributed by atoms with van der Waals surface area (Å²) >= 11 is 0. The summed E-state index contributed by atoms with van der Waals surface area (Å²) in [4.78, 5) is 38.0. The van der Waals surface area contributed by atoms with Crippen LogP contribution in [0.2, 0.25) is 0 Å². The van der Waals surface area contributed by atoms with Gasteiger partial charge in [0.1, 0.15) is 18.3 Å². The van der Waals surface area contributed by atoms with Crippen molar-refractivity contribution in [2.75, 3.05) is 40.5 Å². The minimum absolute atomic E-state index is 0.0653. The fourth-order valence-corrected chi connectivity index (χ4v) is 3.78. The molecule has 0 saturated heterocycles. The Labute approximate surface area is 206 Å². The number of aliphatic hydroxyl groups is 1. The SMILES string of the molecule is COCC#Cc1cnc2c(c1)C(=O)N([C@H](C)CO)C[C@@H](C)[C@H](CN(C)C(=O)Cc1cccnc1)O2. The van der Waals surface area contributed by atoms with Crippen LogP contribution in [-0.4, -0.2) is 89.3 Å². The van der Waals surface area contributed by atoms with Crippen LogP contribution >= 0.6 is 0 Å². The normalized spacial score (nSPS) is 18.3. The van der Waals surface area contributed by atoms with Crippen molar-refractivity contribution in [3.8, 4) is 17.7 Å². The van der Waals surface area contributed by atoms with E-state index in [0.29, 0.717) is 18.7 Å². The molecular formula is C26H32N4O5. The second kappa shape index (κ2) is 12.3. The number of nitrogens with zero attached hydrogens (tertiary/aromatic N) is 4. The van der Waals surface area contributed by atoms with Crippen molar-refractivity contribution in [3.05, 3.63) is 53.5 Å². The minimum atomic E-state index is -0.420. The van der Waals surface area contributed by atoms with Crippen molar-refractivity contribution in [2.45, 2.75) is 32.4 Å². The number of pyridine rings is 2. The molecule has 3 rings (SSSR count). The van der Waals surface area contributed by atoms with Crippen molar-refractivity contribution >= 4 is 11.8 Å². The Morgan fingerprint density at radius 1 is 1.43 bits per heavy atom. The van der Waals surface area contributed by atoms with Gasteiger partial charge in [0.05, 0.1) is 25.6 Å². The van der Waals surface area contributed by atoms with E-state index in [9.17, 15) is 14.7 Å². The van der Waals surface area contributed by atoms with E-state index in [-0.39, 0.29) is 48.8 Å². The molecule has 9 nitrogen and oxygen atoms in total. The van der Waals surface area contributed by atoms with Crippen molar-refractivity contribution in [2.24, 2.45) is 5.92 Å². The third-order valence-corrected chi connectivity index (χ3v) is 5.93. The maximum Gasteiger partial charge on any atom is 0.259 e. The Morgan fingerprint density at radius 2 is 2.23 bits per heavy atom. The van der Waals surface area contributed by atoms with E-state index >= 15 is 0 Å². The molecule has 186 valence electrons. The lowest BCUT2D eigenvalue weighted by Gasteiger charge is -2.37. The van der Waals surface area contributed by atoms with E-state index in [1.807, 2.05) is 13.0 Å². The lowest BCUT2D eigenvalue weighted by atomic mass is 9.99. The molecule has 3 heterocycles. The number of methoxy groups -OCH3 is 1. The fraction of sp³-hybridized carbons (Fsp3) is 0.462. The standard InChI is InChI=1S/C26H32N4O5/c1-18-15-30(19(2)17-31)26(33)22-11-20(8-6-10-34-4)14-28-25(22)35-23(18)16-29(3)24(32)12-21-7-5-9-27-13-21/h5,7,9,11,13-14,18-19,23,31H,10,12,15-17H2,1-4H3/t18-,19-,23+/m1/s1. The molecule has 2 amide bonds. The first-order chi connectivity index (χ1) is 16.8. The molecule has 1 N–H and O–H groups in total. The Morgan fingerprint density at radius 3 is 2.91 bits per heavy atom. The number of fused-ring (bicyclic) bond motifs is 1. The van der Waals surface area contributed by atoms with Gasteiger partial charge in [0.15, 0.2) is 0 Å². The molecule has 35 heavy (non-hydrogen) atoms. The fourth-order valence-electron chi connectivity index (χ4n) is 3.78. The number of rotatable bonds is 7. The summed E-state index contributed by atoms with van der Waals surface area (Å²) in [6, 6.07) is 4.91.